The molecule has 0 aromatic carbocycles. The van der Waals surface area contributed by atoms with Crippen molar-refractivity contribution >= 4 is 11.8 Å². The molecule has 1 aliphatic heterocycles. The largest absolute Gasteiger partial charge is 0.377 e. The smallest absolute Gasteiger partial charge is 0.0702 e. The summed E-state index contributed by atoms with van der Waals surface area (Å²) in [6.45, 7) is 2.76. The van der Waals surface area contributed by atoms with Gasteiger partial charge >= 0.3 is 0 Å². The summed E-state index contributed by atoms with van der Waals surface area (Å²) in [5.74, 6) is 0. The summed E-state index contributed by atoms with van der Waals surface area (Å²) in [6.07, 6.45) is 10.5. The van der Waals surface area contributed by atoms with E-state index in [-0.39, 0.29) is 0 Å². The van der Waals surface area contributed by atoms with Gasteiger partial charge in [0.25, 0.3) is 0 Å². The Bertz CT molecular complexity index is 247. The van der Waals surface area contributed by atoms with Crippen LogP contribution in [0.5, 0.6) is 0 Å². The minimum atomic E-state index is 0.415. The van der Waals surface area contributed by atoms with E-state index in [0.29, 0.717) is 16.9 Å². The summed E-state index contributed by atoms with van der Waals surface area (Å²) in [5.41, 5.74) is 6.05. The first-order chi connectivity index (χ1) is 8.72. The Hall–Kier alpha value is 0.230. The predicted molar refractivity (Wildman–Crippen MR) is 79.2 cm³/mol. The van der Waals surface area contributed by atoms with Gasteiger partial charge in [-0.1, -0.05) is 6.42 Å². The van der Waals surface area contributed by atoms with Crippen LogP contribution in [0.1, 0.15) is 38.5 Å². The van der Waals surface area contributed by atoms with E-state index in [2.05, 4.69) is 18.2 Å². The van der Waals surface area contributed by atoms with Gasteiger partial charge in [0.05, 0.1) is 6.10 Å². The third-order valence-electron chi connectivity index (χ3n) is 4.73. The Labute approximate surface area is 116 Å². The highest BCUT2D eigenvalue weighted by Crippen LogP contribution is 2.46. The summed E-state index contributed by atoms with van der Waals surface area (Å²) in [5, 5.41) is 0. The van der Waals surface area contributed by atoms with Gasteiger partial charge in [0, 0.05) is 30.5 Å². The van der Waals surface area contributed by atoms with E-state index in [1.54, 1.807) is 0 Å². The molecule has 1 heterocycles. The van der Waals surface area contributed by atoms with E-state index in [1.807, 2.05) is 11.8 Å². The number of hydrogen-bond donors (Lipinski definition) is 1. The molecule has 2 unspecified atom stereocenters. The molecule has 0 amide bonds. The fourth-order valence-corrected chi connectivity index (χ4v) is 4.64. The lowest BCUT2D eigenvalue weighted by atomic mass is 9.77. The number of nitrogens with zero attached hydrogens (tertiary/aromatic N) is 1. The quantitative estimate of drug-likeness (QED) is 0.803. The van der Waals surface area contributed by atoms with E-state index >= 15 is 0 Å². The van der Waals surface area contributed by atoms with Crippen molar-refractivity contribution in [3.63, 3.8) is 0 Å². The third-order valence-corrected chi connectivity index (χ3v) is 6.23. The van der Waals surface area contributed by atoms with Crippen molar-refractivity contribution < 1.29 is 4.74 Å². The maximum Gasteiger partial charge on any atom is 0.0702 e. The van der Waals surface area contributed by atoms with Gasteiger partial charge in [0.1, 0.15) is 0 Å². The Morgan fingerprint density at radius 1 is 1.39 bits per heavy atom. The number of likely N-dealkylation sites (N-methyl/N-ethyl adjacent to an activating group) is 1. The number of thioether (sulfide) groups is 1. The zero-order chi connectivity index (χ0) is 13.0. The molecule has 0 spiro atoms. The maximum atomic E-state index is 6.05. The van der Waals surface area contributed by atoms with Crippen LogP contribution in [-0.4, -0.2) is 54.8 Å². The van der Waals surface area contributed by atoms with E-state index in [9.17, 15) is 0 Å². The number of rotatable bonds is 6. The molecule has 0 bridgehead atoms. The molecule has 3 nitrogen and oxygen atoms in total. The Balaban J connectivity index is 1.90. The molecular weight excluding hydrogens is 244 g/mol. The van der Waals surface area contributed by atoms with E-state index < -0.39 is 0 Å². The lowest BCUT2D eigenvalue weighted by molar-refractivity contribution is -0.0133. The fraction of sp³-hybridized carbons (Fsp3) is 1.00. The first-order valence-corrected chi connectivity index (χ1v) is 8.51. The lowest BCUT2D eigenvalue weighted by Crippen LogP contribution is -2.58. The molecular formula is C14H28N2OS. The second kappa shape index (κ2) is 6.60. The van der Waals surface area contributed by atoms with Crippen molar-refractivity contribution in [1.29, 1.82) is 0 Å². The zero-order valence-electron chi connectivity index (χ0n) is 11.9. The summed E-state index contributed by atoms with van der Waals surface area (Å²) < 4.78 is 6.27. The number of hydrogen-bond acceptors (Lipinski definition) is 4. The summed E-state index contributed by atoms with van der Waals surface area (Å²) in [7, 11) is 2.23. The third kappa shape index (κ3) is 3.03. The molecule has 2 rings (SSSR count). The first-order valence-electron chi connectivity index (χ1n) is 7.29. The van der Waals surface area contributed by atoms with Crippen molar-refractivity contribution in [2.75, 3.05) is 33.0 Å². The summed E-state index contributed by atoms with van der Waals surface area (Å²) in [6, 6.07) is 0.506. The molecule has 2 atom stereocenters. The van der Waals surface area contributed by atoms with Crippen LogP contribution in [0, 0.1) is 0 Å². The van der Waals surface area contributed by atoms with Crippen LogP contribution in [0.15, 0.2) is 0 Å². The average molecular weight is 272 g/mol. The minimum Gasteiger partial charge on any atom is -0.377 e. The van der Waals surface area contributed by atoms with Gasteiger partial charge in [0.15, 0.2) is 0 Å². The average Bonchev–Trinajstić information content (AvgIpc) is 2.34. The molecule has 2 N–H and O–H groups in total. The van der Waals surface area contributed by atoms with Crippen LogP contribution in [-0.2, 0) is 4.74 Å². The van der Waals surface area contributed by atoms with Crippen LogP contribution in [0.25, 0.3) is 0 Å². The maximum absolute atomic E-state index is 6.05. The van der Waals surface area contributed by atoms with E-state index in [0.717, 1.165) is 19.7 Å². The van der Waals surface area contributed by atoms with Crippen molar-refractivity contribution in [3.05, 3.63) is 0 Å². The van der Waals surface area contributed by atoms with Crippen LogP contribution >= 0.6 is 11.8 Å². The van der Waals surface area contributed by atoms with Gasteiger partial charge < -0.3 is 10.5 Å². The molecule has 106 valence electrons. The lowest BCUT2D eigenvalue weighted by Gasteiger charge is -2.50. The normalized spacial score (nSPS) is 29.0. The van der Waals surface area contributed by atoms with Crippen molar-refractivity contribution in [2.45, 2.75) is 55.4 Å². The van der Waals surface area contributed by atoms with Gasteiger partial charge in [-0.2, -0.15) is 11.8 Å². The summed E-state index contributed by atoms with van der Waals surface area (Å²) in [4.78, 5) is 2.46. The second-order valence-electron chi connectivity index (χ2n) is 5.80. The molecule has 1 saturated carbocycles. The molecule has 1 saturated heterocycles. The van der Waals surface area contributed by atoms with E-state index in [4.69, 9.17) is 10.5 Å². The highest BCUT2D eigenvalue weighted by molar-refractivity contribution is 8.00. The molecule has 0 aromatic rings. The van der Waals surface area contributed by atoms with Crippen molar-refractivity contribution in [1.82, 2.24) is 4.90 Å². The van der Waals surface area contributed by atoms with Crippen molar-refractivity contribution in [2.24, 2.45) is 5.73 Å². The summed E-state index contributed by atoms with van der Waals surface area (Å²) >= 11 is 2.02. The zero-order valence-corrected chi connectivity index (χ0v) is 12.7. The second-order valence-corrected chi connectivity index (χ2v) is 7.02. The molecule has 0 radical (unpaired) electrons. The topological polar surface area (TPSA) is 38.5 Å². The Morgan fingerprint density at radius 2 is 2.17 bits per heavy atom. The van der Waals surface area contributed by atoms with Gasteiger partial charge in [-0.15, -0.1) is 0 Å². The fourth-order valence-electron chi connectivity index (χ4n) is 3.39. The SMILES string of the molecule is CSC1(C(CN)N(C)CC2CCCCO2)CCC1. The first kappa shape index (κ1) is 14.6. The van der Waals surface area contributed by atoms with Crippen LogP contribution < -0.4 is 5.73 Å². The molecule has 2 fully saturated rings. The standard InChI is InChI=1S/C14H28N2OS/c1-16(11-12-6-3-4-9-17-12)13(10-15)14(18-2)7-5-8-14/h12-13H,3-11,15H2,1-2H3. The molecule has 18 heavy (non-hydrogen) atoms. The van der Waals surface area contributed by atoms with Gasteiger partial charge in [-0.25, -0.2) is 0 Å². The molecule has 2 aliphatic rings. The van der Waals surface area contributed by atoms with Gasteiger partial charge in [-0.3, -0.25) is 4.90 Å². The highest BCUT2D eigenvalue weighted by Gasteiger charge is 2.44. The van der Waals surface area contributed by atoms with Crippen LogP contribution in [0.4, 0.5) is 0 Å². The molecule has 0 aromatic heterocycles. The monoisotopic (exact) mass is 272 g/mol. The highest BCUT2D eigenvalue weighted by atomic mass is 32.2. The number of ether oxygens (including phenoxy) is 1. The van der Waals surface area contributed by atoms with Gasteiger partial charge in [0.2, 0.25) is 0 Å². The minimum absolute atomic E-state index is 0.415. The van der Waals surface area contributed by atoms with Gasteiger partial charge in [-0.05, 0) is 45.4 Å². The Morgan fingerprint density at radius 3 is 2.61 bits per heavy atom. The number of nitrogens with two attached hydrogens (primary N) is 1. The predicted octanol–water partition coefficient (Wildman–Crippen LogP) is 2.10. The molecule has 4 heteroatoms. The van der Waals surface area contributed by atoms with E-state index in [1.165, 1.54) is 38.5 Å². The molecule has 1 aliphatic carbocycles. The van der Waals surface area contributed by atoms with Crippen LogP contribution in [0.2, 0.25) is 0 Å². The Kier molecular flexibility index (Phi) is 5.36. The van der Waals surface area contributed by atoms with Crippen molar-refractivity contribution in [3.8, 4) is 0 Å². The van der Waals surface area contributed by atoms with Crippen LogP contribution in [0.3, 0.4) is 0 Å².